The second kappa shape index (κ2) is 6.61. The molecule has 1 N–H and O–H groups in total. The molecule has 0 bridgehead atoms. The van der Waals surface area contributed by atoms with Crippen molar-refractivity contribution in [1.82, 2.24) is 10.2 Å². The summed E-state index contributed by atoms with van der Waals surface area (Å²) in [6.45, 7) is 5.45. The molecule has 0 aliphatic carbocycles. The minimum atomic E-state index is 0.176. The van der Waals surface area contributed by atoms with Crippen molar-refractivity contribution in [1.29, 1.82) is 0 Å². The third-order valence-electron chi connectivity index (χ3n) is 3.22. The van der Waals surface area contributed by atoms with Crippen molar-refractivity contribution < 1.29 is 9.53 Å². The molecule has 0 saturated carbocycles. The summed E-state index contributed by atoms with van der Waals surface area (Å²) < 4.78 is 5.56. The molecule has 98 valence electrons. The highest BCUT2D eigenvalue weighted by molar-refractivity contribution is 7.99. The minimum Gasteiger partial charge on any atom is -0.377 e. The summed E-state index contributed by atoms with van der Waals surface area (Å²) in [4.78, 5) is 14.2. The van der Waals surface area contributed by atoms with Crippen molar-refractivity contribution in [2.24, 2.45) is 0 Å². The SMILES string of the molecule is CC1CN(C(=O)CC2CSCCN2)CCCO1. The number of rotatable bonds is 2. The summed E-state index contributed by atoms with van der Waals surface area (Å²) in [5.74, 6) is 2.51. The molecule has 4 nitrogen and oxygen atoms in total. The lowest BCUT2D eigenvalue weighted by Gasteiger charge is -2.27. The lowest BCUT2D eigenvalue weighted by atomic mass is 10.2. The van der Waals surface area contributed by atoms with E-state index in [1.165, 1.54) is 5.75 Å². The van der Waals surface area contributed by atoms with Crippen molar-refractivity contribution >= 4 is 17.7 Å². The first-order valence-corrected chi connectivity index (χ1v) is 7.61. The van der Waals surface area contributed by atoms with Crippen LogP contribution in [0, 0.1) is 0 Å². The number of hydrogen-bond donors (Lipinski definition) is 1. The van der Waals surface area contributed by atoms with Gasteiger partial charge in [-0.2, -0.15) is 11.8 Å². The molecule has 5 heteroatoms. The first-order chi connectivity index (χ1) is 8.25. The monoisotopic (exact) mass is 258 g/mol. The van der Waals surface area contributed by atoms with E-state index in [2.05, 4.69) is 5.32 Å². The third kappa shape index (κ3) is 4.16. The van der Waals surface area contributed by atoms with Crippen LogP contribution in [-0.2, 0) is 9.53 Å². The van der Waals surface area contributed by atoms with Crippen LogP contribution in [0.15, 0.2) is 0 Å². The van der Waals surface area contributed by atoms with E-state index in [9.17, 15) is 4.79 Å². The highest BCUT2D eigenvalue weighted by atomic mass is 32.2. The van der Waals surface area contributed by atoms with Gasteiger partial charge in [-0.1, -0.05) is 0 Å². The van der Waals surface area contributed by atoms with Crippen LogP contribution in [0.3, 0.4) is 0 Å². The Morgan fingerprint density at radius 2 is 2.47 bits per heavy atom. The van der Waals surface area contributed by atoms with Crippen LogP contribution in [0.4, 0.5) is 0 Å². The molecule has 2 aliphatic rings. The zero-order valence-corrected chi connectivity index (χ0v) is 11.3. The number of nitrogens with zero attached hydrogens (tertiary/aromatic N) is 1. The zero-order chi connectivity index (χ0) is 12.1. The Morgan fingerprint density at radius 1 is 1.59 bits per heavy atom. The highest BCUT2D eigenvalue weighted by Crippen LogP contribution is 2.13. The Labute approximate surface area is 107 Å². The third-order valence-corrected chi connectivity index (χ3v) is 4.36. The van der Waals surface area contributed by atoms with Gasteiger partial charge in [0.15, 0.2) is 0 Å². The Morgan fingerprint density at radius 3 is 3.24 bits per heavy atom. The van der Waals surface area contributed by atoms with Crippen molar-refractivity contribution in [2.75, 3.05) is 37.7 Å². The molecule has 2 fully saturated rings. The lowest BCUT2D eigenvalue weighted by molar-refractivity contribution is -0.132. The Bertz CT molecular complexity index is 257. The Hall–Kier alpha value is -0.260. The molecule has 1 amide bonds. The van der Waals surface area contributed by atoms with Crippen molar-refractivity contribution in [3.05, 3.63) is 0 Å². The van der Waals surface area contributed by atoms with Gasteiger partial charge >= 0.3 is 0 Å². The standard InChI is InChI=1S/C12H22N2O2S/c1-10-8-14(4-2-5-16-10)12(15)7-11-9-17-6-3-13-11/h10-11,13H,2-9H2,1H3. The summed E-state index contributed by atoms with van der Waals surface area (Å²) in [5, 5.41) is 3.42. The van der Waals surface area contributed by atoms with E-state index in [0.717, 1.165) is 38.4 Å². The summed E-state index contributed by atoms with van der Waals surface area (Å²) in [7, 11) is 0. The van der Waals surface area contributed by atoms with Crippen LogP contribution >= 0.6 is 11.8 Å². The number of nitrogens with one attached hydrogen (secondary N) is 1. The summed E-state index contributed by atoms with van der Waals surface area (Å²) >= 11 is 1.94. The predicted molar refractivity (Wildman–Crippen MR) is 70.3 cm³/mol. The fourth-order valence-electron chi connectivity index (χ4n) is 2.31. The molecule has 0 aromatic heterocycles. The molecule has 0 radical (unpaired) electrons. The highest BCUT2D eigenvalue weighted by Gasteiger charge is 2.23. The maximum absolute atomic E-state index is 12.2. The summed E-state index contributed by atoms with van der Waals surface area (Å²) in [6, 6.07) is 0.362. The molecule has 0 aromatic rings. The molecule has 0 aromatic carbocycles. The van der Waals surface area contributed by atoms with Crippen LogP contribution in [-0.4, -0.2) is 60.7 Å². The zero-order valence-electron chi connectivity index (χ0n) is 10.5. The molecule has 2 heterocycles. The van der Waals surface area contributed by atoms with Crippen LogP contribution in [0.25, 0.3) is 0 Å². The van der Waals surface area contributed by atoms with Gasteiger partial charge in [-0.25, -0.2) is 0 Å². The van der Waals surface area contributed by atoms with E-state index in [1.54, 1.807) is 0 Å². The van der Waals surface area contributed by atoms with Crippen LogP contribution in [0.5, 0.6) is 0 Å². The molecular weight excluding hydrogens is 236 g/mol. The summed E-state index contributed by atoms with van der Waals surface area (Å²) in [5.41, 5.74) is 0. The molecule has 2 aliphatic heterocycles. The lowest BCUT2D eigenvalue weighted by Crippen LogP contribution is -2.44. The van der Waals surface area contributed by atoms with Gasteiger partial charge in [-0.3, -0.25) is 4.79 Å². The van der Waals surface area contributed by atoms with Crippen molar-refractivity contribution in [3.8, 4) is 0 Å². The fraction of sp³-hybridized carbons (Fsp3) is 0.917. The Balaban J connectivity index is 1.80. The first kappa shape index (κ1) is 13.2. The van der Waals surface area contributed by atoms with E-state index in [-0.39, 0.29) is 12.0 Å². The number of carbonyl (C=O) groups excluding carboxylic acids is 1. The molecule has 2 saturated heterocycles. The molecule has 2 rings (SSSR count). The average Bonchev–Trinajstić information content (AvgIpc) is 2.55. The van der Waals surface area contributed by atoms with E-state index in [0.29, 0.717) is 12.5 Å². The predicted octanol–water partition coefficient (Wildman–Crippen LogP) is 0.719. The average molecular weight is 258 g/mol. The van der Waals surface area contributed by atoms with Crippen LogP contribution in [0.2, 0.25) is 0 Å². The van der Waals surface area contributed by atoms with Gasteiger partial charge in [0, 0.05) is 50.2 Å². The van der Waals surface area contributed by atoms with Crippen LogP contribution < -0.4 is 5.32 Å². The molecule has 2 unspecified atom stereocenters. The Kier molecular flexibility index (Phi) is 5.13. The van der Waals surface area contributed by atoms with Gasteiger partial charge in [0.05, 0.1) is 6.10 Å². The number of thioether (sulfide) groups is 1. The maximum Gasteiger partial charge on any atom is 0.224 e. The number of hydrogen-bond acceptors (Lipinski definition) is 4. The number of ether oxygens (including phenoxy) is 1. The fourth-order valence-corrected chi connectivity index (χ4v) is 3.26. The molecule has 17 heavy (non-hydrogen) atoms. The van der Waals surface area contributed by atoms with E-state index in [4.69, 9.17) is 4.74 Å². The van der Waals surface area contributed by atoms with Crippen LogP contribution in [0.1, 0.15) is 19.8 Å². The summed E-state index contributed by atoms with van der Waals surface area (Å²) in [6.07, 6.45) is 1.78. The molecule has 2 atom stereocenters. The quantitative estimate of drug-likeness (QED) is 0.792. The van der Waals surface area contributed by atoms with Gasteiger partial charge in [0.1, 0.15) is 0 Å². The topological polar surface area (TPSA) is 41.6 Å². The smallest absolute Gasteiger partial charge is 0.224 e. The minimum absolute atomic E-state index is 0.176. The largest absolute Gasteiger partial charge is 0.377 e. The van der Waals surface area contributed by atoms with E-state index in [1.807, 2.05) is 23.6 Å². The van der Waals surface area contributed by atoms with Gasteiger partial charge in [0.25, 0.3) is 0 Å². The number of carbonyl (C=O) groups is 1. The maximum atomic E-state index is 12.2. The van der Waals surface area contributed by atoms with E-state index >= 15 is 0 Å². The first-order valence-electron chi connectivity index (χ1n) is 6.46. The van der Waals surface area contributed by atoms with E-state index < -0.39 is 0 Å². The number of amides is 1. The van der Waals surface area contributed by atoms with Gasteiger partial charge in [-0.05, 0) is 13.3 Å². The normalized spacial score (nSPS) is 31.0. The molecule has 0 spiro atoms. The van der Waals surface area contributed by atoms with Crippen molar-refractivity contribution in [3.63, 3.8) is 0 Å². The second-order valence-electron chi connectivity index (χ2n) is 4.80. The van der Waals surface area contributed by atoms with Gasteiger partial charge < -0.3 is 15.0 Å². The van der Waals surface area contributed by atoms with Gasteiger partial charge in [0.2, 0.25) is 5.91 Å². The molecular formula is C12H22N2O2S. The van der Waals surface area contributed by atoms with Gasteiger partial charge in [-0.15, -0.1) is 0 Å². The second-order valence-corrected chi connectivity index (χ2v) is 5.95. The van der Waals surface area contributed by atoms with Crippen molar-refractivity contribution in [2.45, 2.75) is 31.9 Å².